The number of nitrogens with one attached hydrogen (secondary N) is 1. The molecular weight excluding hydrogens is 322 g/mol. The quantitative estimate of drug-likeness (QED) is 0.435. The van der Waals surface area contributed by atoms with Crippen LogP contribution >= 0.6 is 27.5 Å². The van der Waals surface area contributed by atoms with Gasteiger partial charge in [0, 0.05) is 15.5 Å². The van der Waals surface area contributed by atoms with Crippen molar-refractivity contribution < 1.29 is 0 Å². The van der Waals surface area contributed by atoms with Gasteiger partial charge in [-0.3, -0.25) is 0 Å². The first-order valence-corrected chi connectivity index (χ1v) is 8.15. The van der Waals surface area contributed by atoms with Crippen LogP contribution in [0.3, 0.4) is 0 Å². The molecule has 0 amide bonds. The van der Waals surface area contributed by atoms with Crippen LogP contribution in [0.25, 0.3) is 0 Å². The Kier molecular flexibility index (Phi) is 8.43. The lowest BCUT2D eigenvalue weighted by molar-refractivity contribution is 0.484. The lowest BCUT2D eigenvalue weighted by Crippen LogP contribution is -2.21. The Hall–Kier alpha value is -0.310. The van der Waals surface area contributed by atoms with Gasteiger partial charge in [-0.25, -0.2) is 0 Å². The number of halogens is 2. The molecule has 1 aromatic rings. The summed E-state index contributed by atoms with van der Waals surface area (Å²) in [5.74, 6) is 0. The van der Waals surface area contributed by atoms with Crippen LogP contribution in [0.2, 0.25) is 5.02 Å². The maximum atomic E-state index is 6.34. The number of benzene rings is 1. The van der Waals surface area contributed by atoms with Crippen molar-refractivity contribution in [1.82, 2.24) is 5.32 Å². The van der Waals surface area contributed by atoms with Gasteiger partial charge in [-0.2, -0.15) is 0 Å². The topological polar surface area (TPSA) is 12.0 Å². The van der Waals surface area contributed by atoms with Crippen LogP contribution in [0, 0.1) is 0 Å². The first kappa shape index (κ1) is 16.7. The summed E-state index contributed by atoms with van der Waals surface area (Å²) in [5, 5.41) is 4.37. The Morgan fingerprint density at radius 2 is 2.16 bits per heavy atom. The second kappa shape index (κ2) is 9.57. The standard InChI is InChI=1S/C16H23BrClN/c1-3-5-6-7-8-9-16(19-4-2)14-11-10-13(17)12-15(14)18/h3,10-12,16,19H,1,4-9H2,2H3. The molecule has 1 aromatic carbocycles. The SMILES string of the molecule is C=CCCCCCC(NCC)c1ccc(Br)cc1Cl. The van der Waals surface area contributed by atoms with E-state index in [0.717, 1.165) is 28.9 Å². The fourth-order valence-electron chi connectivity index (χ4n) is 2.21. The first-order valence-electron chi connectivity index (χ1n) is 6.98. The van der Waals surface area contributed by atoms with E-state index >= 15 is 0 Å². The highest BCUT2D eigenvalue weighted by atomic mass is 79.9. The summed E-state index contributed by atoms with van der Waals surface area (Å²) in [7, 11) is 0. The summed E-state index contributed by atoms with van der Waals surface area (Å²) in [6, 6.07) is 6.50. The summed E-state index contributed by atoms with van der Waals surface area (Å²) in [4.78, 5) is 0. The third kappa shape index (κ3) is 6.11. The van der Waals surface area contributed by atoms with Crippen molar-refractivity contribution in [3.8, 4) is 0 Å². The number of allylic oxidation sites excluding steroid dienone is 1. The molecule has 1 nitrogen and oxygen atoms in total. The van der Waals surface area contributed by atoms with E-state index in [0.29, 0.717) is 6.04 Å². The molecule has 3 heteroatoms. The minimum atomic E-state index is 0.356. The van der Waals surface area contributed by atoms with Crippen molar-refractivity contribution in [1.29, 1.82) is 0 Å². The van der Waals surface area contributed by atoms with Gasteiger partial charge in [-0.1, -0.05) is 59.4 Å². The molecule has 0 aliphatic rings. The molecule has 1 rings (SSSR count). The Morgan fingerprint density at radius 3 is 2.79 bits per heavy atom. The smallest absolute Gasteiger partial charge is 0.0465 e. The van der Waals surface area contributed by atoms with E-state index < -0.39 is 0 Å². The predicted molar refractivity (Wildman–Crippen MR) is 88.9 cm³/mol. The molecule has 0 bridgehead atoms. The van der Waals surface area contributed by atoms with E-state index in [4.69, 9.17) is 11.6 Å². The molecule has 0 aliphatic heterocycles. The Labute approximate surface area is 130 Å². The van der Waals surface area contributed by atoms with Gasteiger partial charge >= 0.3 is 0 Å². The number of hydrogen-bond donors (Lipinski definition) is 1. The van der Waals surface area contributed by atoms with Gasteiger partial charge < -0.3 is 5.32 Å². The van der Waals surface area contributed by atoms with E-state index in [1.807, 2.05) is 12.1 Å². The zero-order valence-corrected chi connectivity index (χ0v) is 13.9. The van der Waals surface area contributed by atoms with Crippen LogP contribution < -0.4 is 5.32 Å². The van der Waals surface area contributed by atoms with Crippen LogP contribution in [-0.2, 0) is 0 Å². The fraction of sp³-hybridized carbons (Fsp3) is 0.500. The van der Waals surface area contributed by atoms with Crippen LogP contribution in [0.1, 0.15) is 50.6 Å². The summed E-state index contributed by atoms with van der Waals surface area (Å²) < 4.78 is 1.03. The number of rotatable bonds is 9. The Morgan fingerprint density at radius 1 is 1.37 bits per heavy atom. The van der Waals surface area contributed by atoms with Gasteiger partial charge in [0.2, 0.25) is 0 Å². The second-order valence-corrected chi connectivity index (χ2v) is 6.03. The summed E-state index contributed by atoms with van der Waals surface area (Å²) >= 11 is 9.79. The van der Waals surface area contributed by atoms with Gasteiger partial charge in [-0.15, -0.1) is 6.58 Å². The maximum Gasteiger partial charge on any atom is 0.0465 e. The molecule has 0 saturated heterocycles. The van der Waals surface area contributed by atoms with Crippen molar-refractivity contribution >= 4 is 27.5 Å². The summed E-state index contributed by atoms with van der Waals surface area (Å²) in [5.41, 5.74) is 1.20. The molecule has 0 aliphatic carbocycles. The van der Waals surface area contributed by atoms with E-state index in [-0.39, 0.29) is 0 Å². The van der Waals surface area contributed by atoms with Crippen molar-refractivity contribution in [2.45, 2.75) is 45.1 Å². The zero-order valence-electron chi connectivity index (χ0n) is 11.6. The van der Waals surface area contributed by atoms with Crippen LogP contribution in [0.4, 0.5) is 0 Å². The molecule has 106 valence electrons. The van der Waals surface area contributed by atoms with Gasteiger partial charge in [0.25, 0.3) is 0 Å². The van der Waals surface area contributed by atoms with E-state index in [9.17, 15) is 0 Å². The highest BCUT2D eigenvalue weighted by Crippen LogP contribution is 2.29. The van der Waals surface area contributed by atoms with E-state index in [1.54, 1.807) is 0 Å². The monoisotopic (exact) mass is 343 g/mol. The minimum Gasteiger partial charge on any atom is -0.310 e. The average Bonchev–Trinajstić information content (AvgIpc) is 2.38. The highest BCUT2D eigenvalue weighted by Gasteiger charge is 2.13. The lowest BCUT2D eigenvalue weighted by atomic mass is 10.00. The van der Waals surface area contributed by atoms with Crippen molar-refractivity contribution in [2.24, 2.45) is 0 Å². The van der Waals surface area contributed by atoms with Crippen molar-refractivity contribution in [2.75, 3.05) is 6.54 Å². The van der Waals surface area contributed by atoms with Gasteiger partial charge in [0.05, 0.1) is 0 Å². The predicted octanol–water partition coefficient (Wildman–Crippen LogP) is 5.89. The lowest BCUT2D eigenvalue weighted by Gasteiger charge is -2.19. The largest absolute Gasteiger partial charge is 0.310 e. The zero-order chi connectivity index (χ0) is 14.1. The molecule has 0 spiro atoms. The van der Waals surface area contributed by atoms with Crippen molar-refractivity contribution in [3.63, 3.8) is 0 Å². The van der Waals surface area contributed by atoms with Crippen LogP contribution in [0.5, 0.6) is 0 Å². The molecule has 0 aromatic heterocycles. The second-order valence-electron chi connectivity index (χ2n) is 4.70. The van der Waals surface area contributed by atoms with E-state index in [2.05, 4.69) is 46.9 Å². The van der Waals surface area contributed by atoms with E-state index in [1.165, 1.54) is 24.8 Å². The third-order valence-corrected chi connectivity index (χ3v) is 4.01. The number of hydrogen-bond acceptors (Lipinski definition) is 1. The average molecular weight is 345 g/mol. The molecule has 1 unspecified atom stereocenters. The molecule has 0 heterocycles. The molecule has 1 atom stereocenters. The van der Waals surface area contributed by atoms with Gasteiger partial charge in [0.15, 0.2) is 0 Å². The fourth-order valence-corrected chi connectivity index (χ4v) is 3.02. The van der Waals surface area contributed by atoms with Gasteiger partial charge in [-0.05, 0) is 43.5 Å². The summed E-state index contributed by atoms with van der Waals surface area (Å²) in [6.45, 7) is 6.85. The molecule has 0 radical (unpaired) electrons. The third-order valence-electron chi connectivity index (χ3n) is 3.19. The summed E-state index contributed by atoms with van der Waals surface area (Å²) in [6.07, 6.45) is 7.95. The van der Waals surface area contributed by atoms with Crippen LogP contribution in [0.15, 0.2) is 35.3 Å². The molecular formula is C16H23BrClN. The molecule has 19 heavy (non-hydrogen) atoms. The minimum absolute atomic E-state index is 0.356. The van der Waals surface area contributed by atoms with Crippen molar-refractivity contribution in [3.05, 3.63) is 45.9 Å². The maximum absolute atomic E-state index is 6.34. The number of unbranched alkanes of at least 4 members (excludes halogenated alkanes) is 3. The van der Waals surface area contributed by atoms with Gasteiger partial charge in [0.1, 0.15) is 0 Å². The Bertz CT molecular complexity index is 392. The normalized spacial score (nSPS) is 12.4. The molecule has 0 fully saturated rings. The molecule has 1 N–H and O–H groups in total. The molecule has 0 saturated carbocycles. The van der Waals surface area contributed by atoms with Crippen LogP contribution in [-0.4, -0.2) is 6.54 Å². The Balaban J connectivity index is 2.58. The first-order chi connectivity index (χ1) is 9.19. The highest BCUT2D eigenvalue weighted by molar-refractivity contribution is 9.10.